The maximum absolute atomic E-state index is 12.7. The number of ether oxygens (including phenoxy) is 1. The molecule has 178 valence electrons. The van der Waals surface area contributed by atoms with E-state index in [0.29, 0.717) is 29.1 Å². The molecule has 1 fully saturated rings. The standard InChI is InChI=1S/C24H31N3O5S/c1-4-22(32-21-14-12-20(13-15-21)26(2)33(3,30)31)23(28)25-19-10-8-18(9-11-19)24(29)27-16-6-5-7-17-27/h8-15,22H,4-7,16-17H2,1-3H3,(H,25,28). The Bertz CT molecular complexity index is 1060. The maximum Gasteiger partial charge on any atom is 0.265 e. The van der Waals surface area contributed by atoms with Crippen LogP contribution in [0.2, 0.25) is 0 Å². The number of rotatable bonds is 8. The third-order valence-electron chi connectivity index (χ3n) is 5.68. The molecule has 0 radical (unpaired) electrons. The number of amides is 2. The van der Waals surface area contributed by atoms with Gasteiger partial charge in [0.2, 0.25) is 10.0 Å². The fourth-order valence-electron chi connectivity index (χ4n) is 3.61. The lowest BCUT2D eigenvalue weighted by molar-refractivity contribution is -0.122. The van der Waals surface area contributed by atoms with E-state index in [1.54, 1.807) is 48.5 Å². The molecule has 0 aromatic heterocycles. The van der Waals surface area contributed by atoms with Gasteiger partial charge in [-0.1, -0.05) is 6.92 Å². The fourth-order valence-corrected chi connectivity index (χ4v) is 4.12. The van der Waals surface area contributed by atoms with Crippen LogP contribution in [0.5, 0.6) is 5.75 Å². The molecule has 9 heteroatoms. The van der Waals surface area contributed by atoms with Crippen LogP contribution in [0, 0.1) is 0 Å². The smallest absolute Gasteiger partial charge is 0.265 e. The zero-order chi connectivity index (χ0) is 24.0. The molecule has 0 spiro atoms. The third kappa shape index (κ3) is 6.47. The average molecular weight is 474 g/mol. The molecule has 2 aromatic rings. The van der Waals surface area contributed by atoms with E-state index >= 15 is 0 Å². The Morgan fingerprint density at radius 1 is 1.03 bits per heavy atom. The fraction of sp³-hybridized carbons (Fsp3) is 0.417. The number of anilines is 2. The monoisotopic (exact) mass is 473 g/mol. The molecule has 1 heterocycles. The second kappa shape index (κ2) is 10.7. The van der Waals surface area contributed by atoms with Gasteiger partial charge in [-0.25, -0.2) is 8.42 Å². The largest absolute Gasteiger partial charge is 0.481 e. The summed E-state index contributed by atoms with van der Waals surface area (Å²) in [4.78, 5) is 27.2. The van der Waals surface area contributed by atoms with Crippen LogP contribution in [0.3, 0.4) is 0 Å². The van der Waals surface area contributed by atoms with Crippen molar-refractivity contribution in [2.24, 2.45) is 0 Å². The van der Waals surface area contributed by atoms with Gasteiger partial charge >= 0.3 is 0 Å². The van der Waals surface area contributed by atoms with Crippen molar-refractivity contribution in [3.8, 4) is 5.75 Å². The highest BCUT2D eigenvalue weighted by Gasteiger charge is 2.21. The van der Waals surface area contributed by atoms with Crippen molar-refractivity contribution in [2.75, 3.05) is 36.0 Å². The highest BCUT2D eigenvalue weighted by atomic mass is 32.2. The van der Waals surface area contributed by atoms with Crippen LogP contribution in [-0.2, 0) is 14.8 Å². The Morgan fingerprint density at radius 3 is 2.18 bits per heavy atom. The second-order valence-electron chi connectivity index (χ2n) is 8.16. The van der Waals surface area contributed by atoms with Gasteiger partial charge in [-0.3, -0.25) is 13.9 Å². The first-order valence-corrected chi connectivity index (χ1v) is 12.9. The van der Waals surface area contributed by atoms with E-state index in [4.69, 9.17) is 4.74 Å². The number of sulfonamides is 1. The van der Waals surface area contributed by atoms with Crippen molar-refractivity contribution in [1.29, 1.82) is 0 Å². The first kappa shape index (κ1) is 24.6. The number of carbonyl (C=O) groups is 2. The average Bonchev–Trinajstić information content (AvgIpc) is 2.82. The summed E-state index contributed by atoms with van der Waals surface area (Å²) in [7, 11) is -1.88. The van der Waals surface area contributed by atoms with E-state index in [-0.39, 0.29) is 11.8 Å². The number of nitrogens with zero attached hydrogens (tertiary/aromatic N) is 2. The van der Waals surface area contributed by atoms with Crippen LogP contribution in [-0.4, -0.2) is 57.6 Å². The minimum Gasteiger partial charge on any atom is -0.481 e. The summed E-state index contributed by atoms with van der Waals surface area (Å²) in [5.74, 6) is 0.183. The number of piperidine rings is 1. The predicted molar refractivity (Wildman–Crippen MR) is 129 cm³/mol. The first-order chi connectivity index (χ1) is 15.7. The summed E-state index contributed by atoms with van der Waals surface area (Å²) in [5, 5.41) is 2.83. The Balaban J connectivity index is 1.59. The van der Waals surface area contributed by atoms with Crippen molar-refractivity contribution < 1.29 is 22.7 Å². The zero-order valence-electron chi connectivity index (χ0n) is 19.3. The minimum atomic E-state index is -3.35. The first-order valence-electron chi connectivity index (χ1n) is 11.1. The summed E-state index contributed by atoms with van der Waals surface area (Å²) in [6.07, 6.45) is 4.09. The summed E-state index contributed by atoms with van der Waals surface area (Å²) in [6, 6.07) is 13.4. The van der Waals surface area contributed by atoms with Gasteiger partial charge in [0.25, 0.3) is 11.8 Å². The summed E-state index contributed by atoms with van der Waals surface area (Å²) >= 11 is 0. The summed E-state index contributed by atoms with van der Waals surface area (Å²) in [5.41, 5.74) is 1.70. The molecule has 0 aliphatic carbocycles. The third-order valence-corrected chi connectivity index (χ3v) is 6.89. The van der Waals surface area contributed by atoms with E-state index in [2.05, 4.69) is 5.32 Å². The highest BCUT2D eigenvalue weighted by molar-refractivity contribution is 7.92. The molecule has 1 atom stereocenters. The van der Waals surface area contributed by atoms with Gasteiger partial charge in [0, 0.05) is 31.4 Å². The molecule has 0 saturated carbocycles. The normalized spacial score (nSPS) is 14.9. The lowest BCUT2D eigenvalue weighted by atomic mass is 10.1. The number of nitrogens with one attached hydrogen (secondary N) is 1. The van der Waals surface area contributed by atoms with E-state index in [1.165, 1.54) is 11.4 Å². The van der Waals surface area contributed by atoms with Gasteiger partial charge in [0.15, 0.2) is 6.10 Å². The van der Waals surface area contributed by atoms with Gasteiger partial charge in [-0.15, -0.1) is 0 Å². The Hall–Kier alpha value is -3.07. The van der Waals surface area contributed by atoms with Crippen LogP contribution in [0.25, 0.3) is 0 Å². The van der Waals surface area contributed by atoms with Crippen LogP contribution < -0.4 is 14.4 Å². The minimum absolute atomic E-state index is 0.0207. The molecule has 2 aromatic carbocycles. The van der Waals surface area contributed by atoms with Crippen LogP contribution in [0.1, 0.15) is 43.0 Å². The number of likely N-dealkylation sites (tertiary alicyclic amines) is 1. The van der Waals surface area contributed by atoms with Gasteiger partial charge < -0.3 is 15.0 Å². The van der Waals surface area contributed by atoms with Gasteiger partial charge in [0.1, 0.15) is 5.75 Å². The predicted octanol–water partition coefficient (Wildman–Crippen LogP) is 3.50. The van der Waals surface area contributed by atoms with Crippen molar-refractivity contribution in [1.82, 2.24) is 4.90 Å². The SMILES string of the molecule is CCC(Oc1ccc(N(C)S(C)(=O)=O)cc1)C(=O)Nc1ccc(C(=O)N2CCCCC2)cc1. The molecule has 1 aliphatic rings. The Labute approximate surface area is 195 Å². The summed E-state index contributed by atoms with van der Waals surface area (Å²) < 4.78 is 30.3. The second-order valence-corrected chi connectivity index (χ2v) is 10.2. The van der Waals surface area contributed by atoms with Gasteiger partial charge in [-0.2, -0.15) is 0 Å². The lowest BCUT2D eigenvalue weighted by Gasteiger charge is -2.26. The maximum atomic E-state index is 12.7. The van der Waals surface area contributed by atoms with Gasteiger partial charge in [0.05, 0.1) is 11.9 Å². The molecule has 3 rings (SSSR count). The molecular formula is C24H31N3O5S. The highest BCUT2D eigenvalue weighted by Crippen LogP contribution is 2.22. The van der Waals surface area contributed by atoms with E-state index in [1.807, 2.05) is 11.8 Å². The number of hydrogen-bond donors (Lipinski definition) is 1. The molecule has 1 unspecified atom stereocenters. The van der Waals surface area contributed by atoms with E-state index < -0.39 is 16.1 Å². The van der Waals surface area contributed by atoms with Crippen molar-refractivity contribution in [2.45, 2.75) is 38.7 Å². The van der Waals surface area contributed by atoms with Crippen molar-refractivity contribution in [3.63, 3.8) is 0 Å². The molecule has 1 saturated heterocycles. The zero-order valence-corrected chi connectivity index (χ0v) is 20.1. The molecule has 2 amide bonds. The molecule has 1 N–H and O–H groups in total. The molecular weight excluding hydrogens is 442 g/mol. The topological polar surface area (TPSA) is 96.0 Å². The van der Waals surface area contributed by atoms with Crippen LogP contribution in [0.15, 0.2) is 48.5 Å². The van der Waals surface area contributed by atoms with Crippen LogP contribution >= 0.6 is 0 Å². The Morgan fingerprint density at radius 2 is 1.64 bits per heavy atom. The summed E-state index contributed by atoms with van der Waals surface area (Å²) in [6.45, 7) is 3.42. The van der Waals surface area contributed by atoms with E-state index in [0.717, 1.165) is 38.6 Å². The van der Waals surface area contributed by atoms with E-state index in [9.17, 15) is 18.0 Å². The number of hydrogen-bond acceptors (Lipinski definition) is 5. The quantitative estimate of drug-likeness (QED) is 0.633. The van der Waals surface area contributed by atoms with Crippen molar-refractivity contribution >= 4 is 33.2 Å². The lowest BCUT2D eigenvalue weighted by Crippen LogP contribution is -2.35. The molecule has 8 nitrogen and oxygen atoms in total. The molecule has 0 bridgehead atoms. The number of benzene rings is 2. The Kier molecular flexibility index (Phi) is 7.97. The number of carbonyl (C=O) groups excluding carboxylic acids is 2. The van der Waals surface area contributed by atoms with Crippen molar-refractivity contribution in [3.05, 3.63) is 54.1 Å². The van der Waals surface area contributed by atoms with Crippen LogP contribution in [0.4, 0.5) is 11.4 Å². The molecule has 33 heavy (non-hydrogen) atoms. The molecule has 1 aliphatic heterocycles. The van der Waals surface area contributed by atoms with Gasteiger partial charge in [-0.05, 0) is 74.2 Å².